The predicted octanol–water partition coefficient (Wildman–Crippen LogP) is 1.97. The first kappa shape index (κ1) is 16.9. The van der Waals surface area contributed by atoms with Gasteiger partial charge in [-0.15, -0.1) is 11.3 Å². The Morgan fingerprint density at radius 1 is 1.29 bits per heavy atom. The Labute approximate surface area is 143 Å². The number of rotatable bonds is 4. The highest BCUT2D eigenvalue weighted by atomic mass is 32.2. The quantitative estimate of drug-likeness (QED) is 0.704. The third-order valence-electron chi connectivity index (χ3n) is 3.78. The molecule has 0 radical (unpaired) electrons. The maximum atomic E-state index is 12.2. The molecule has 0 spiro atoms. The molecule has 1 aromatic carbocycles. The first-order valence-corrected chi connectivity index (χ1v) is 9.44. The van der Waals surface area contributed by atoms with Gasteiger partial charge in [-0.3, -0.25) is 4.57 Å². The number of oxazole rings is 1. The molecule has 2 heterocycles. The maximum Gasteiger partial charge on any atom is 0.420 e. The molecule has 0 bridgehead atoms. The second kappa shape index (κ2) is 5.83. The number of aryl methyl sites for hydroxylation is 2. The van der Waals surface area contributed by atoms with Crippen LogP contribution in [0.2, 0.25) is 0 Å². The van der Waals surface area contributed by atoms with Crippen molar-refractivity contribution in [1.29, 1.82) is 0 Å². The van der Waals surface area contributed by atoms with Crippen LogP contribution in [0.4, 0.5) is 0 Å². The van der Waals surface area contributed by atoms with Gasteiger partial charge in [0, 0.05) is 25.0 Å². The molecule has 0 fully saturated rings. The summed E-state index contributed by atoms with van der Waals surface area (Å²) in [6.45, 7) is 4.19. The van der Waals surface area contributed by atoms with Gasteiger partial charge in [0.05, 0.1) is 22.7 Å². The molecule has 3 rings (SSSR count). The number of hydrogen-bond acceptors (Lipinski definition) is 6. The van der Waals surface area contributed by atoms with Crippen LogP contribution in [-0.2, 0) is 16.6 Å². The average molecular weight is 367 g/mol. The highest BCUT2D eigenvalue weighted by Gasteiger charge is 2.20. The van der Waals surface area contributed by atoms with Gasteiger partial charge in [0.1, 0.15) is 5.01 Å². The topological polar surface area (TPSA) is 85.4 Å². The number of sulfonamides is 1. The normalized spacial score (nSPS) is 12.4. The molecule has 9 heteroatoms. The van der Waals surface area contributed by atoms with E-state index >= 15 is 0 Å². The minimum absolute atomic E-state index is 0.0850. The minimum atomic E-state index is -3.58. The van der Waals surface area contributed by atoms with Crippen LogP contribution in [0.5, 0.6) is 0 Å². The van der Waals surface area contributed by atoms with E-state index in [1.54, 1.807) is 6.07 Å². The predicted molar refractivity (Wildman–Crippen MR) is 92.0 cm³/mol. The van der Waals surface area contributed by atoms with E-state index in [1.807, 2.05) is 13.8 Å². The van der Waals surface area contributed by atoms with Gasteiger partial charge < -0.3 is 4.42 Å². The number of aromatic nitrogens is 2. The fourth-order valence-electron chi connectivity index (χ4n) is 2.31. The molecule has 2 aromatic heterocycles. The number of thiazole rings is 1. The van der Waals surface area contributed by atoms with Crippen LogP contribution in [-0.4, -0.2) is 36.4 Å². The van der Waals surface area contributed by atoms with Crippen LogP contribution in [0.25, 0.3) is 11.1 Å². The van der Waals surface area contributed by atoms with Crippen molar-refractivity contribution in [2.24, 2.45) is 0 Å². The molecule has 0 saturated carbocycles. The van der Waals surface area contributed by atoms with E-state index in [1.165, 1.54) is 42.1 Å². The lowest BCUT2D eigenvalue weighted by molar-refractivity contribution is 0.513. The highest BCUT2D eigenvalue weighted by Crippen LogP contribution is 2.22. The summed E-state index contributed by atoms with van der Waals surface area (Å²) >= 11 is 1.53. The van der Waals surface area contributed by atoms with Crippen molar-refractivity contribution < 1.29 is 12.8 Å². The molecule has 0 N–H and O–H groups in total. The molecule has 0 saturated heterocycles. The van der Waals surface area contributed by atoms with E-state index in [9.17, 15) is 13.2 Å². The van der Waals surface area contributed by atoms with Crippen LogP contribution in [0.3, 0.4) is 0 Å². The van der Waals surface area contributed by atoms with Crippen LogP contribution >= 0.6 is 11.3 Å². The molecule has 0 amide bonds. The van der Waals surface area contributed by atoms with Crippen molar-refractivity contribution in [3.8, 4) is 0 Å². The third kappa shape index (κ3) is 2.79. The molecule has 3 aromatic rings. The smallest absolute Gasteiger partial charge is 0.408 e. The summed E-state index contributed by atoms with van der Waals surface area (Å²) in [5.74, 6) is -0.532. The molecule has 0 aliphatic heterocycles. The second-order valence-electron chi connectivity index (χ2n) is 5.62. The zero-order valence-corrected chi connectivity index (χ0v) is 15.4. The molecule has 24 heavy (non-hydrogen) atoms. The van der Waals surface area contributed by atoms with Crippen LogP contribution in [0.1, 0.15) is 15.6 Å². The summed E-state index contributed by atoms with van der Waals surface area (Å²) in [5, 5.41) is 0.805. The minimum Gasteiger partial charge on any atom is -0.408 e. The lowest BCUT2D eigenvalue weighted by Gasteiger charge is -2.10. The Balaban J connectivity index is 2.08. The molecule has 0 unspecified atom stereocenters. The fraction of sp³-hybridized carbons (Fsp3) is 0.333. The largest absolute Gasteiger partial charge is 0.420 e. The third-order valence-corrected chi connectivity index (χ3v) is 6.65. The second-order valence-corrected chi connectivity index (χ2v) is 9.06. The molecular weight excluding hydrogens is 350 g/mol. The summed E-state index contributed by atoms with van der Waals surface area (Å²) in [7, 11) is -0.677. The molecular formula is C15H17N3O4S2. The molecule has 7 nitrogen and oxygen atoms in total. The van der Waals surface area contributed by atoms with Gasteiger partial charge in [-0.25, -0.2) is 22.5 Å². The summed E-state index contributed by atoms with van der Waals surface area (Å²) in [6, 6.07) is 4.44. The van der Waals surface area contributed by atoms with Crippen molar-refractivity contribution in [2.45, 2.75) is 25.3 Å². The van der Waals surface area contributed by atoms with Gasteiger partial charge in [0.2, 0.25) is 10.0 Å². The lowest BCUT2D eigenvalue weighted by Crippen LogP contribution is -2.22. The highest BCUT2D eigenvalue weighted by molar-refractivity contribution is 7.89. The first-order valence-electron chi connectivity index (χ1n) is 7.19. The van der Waals surface area contributed by atoms with Gasteiger partial charge >= 0.3 is 5.76 Å². The van der Waals surface area contributed by atoms with Gasteiger partial charge in [-0.05, 0) is 26.0 Å². The van der Waals surface area contributed by atoms with E-state index in [-0.39, 0.29) is 10.5 Å². The Morgan fingerprint density at radius 3 is 2.58 bits per heavy atom. The van der Waals surface area contributed by atoms with Crippen molar-refractivity contribution in [1.82, 2.24) is 13.9 Å². The van der Waals surface area contributed by atoms with Crippen LogP contribution < -0.4 is 5.76 Å². The molecule has 0 atom stereocenters. The van der Waals surface area contributed by atoms with Crippen LogP contribution in [0.15, 0.2) is 32.3 Å². The fourth-order valence-corrected chi connectivity index (χ4v) is 4.15. The lowest BCUT2D eigenvalue weighted by atomic mass is 10.3. The zero-order valence-electron chi connectivity index (χ0n) is 13.7. The Hall–Kier alpha value is -1.97. The zero-order chi connectivity index (χ0) is 17.6. The summed E-state index contributed by atoms with van der Waals surface area (Å²) in [6.07, 6.45) is 0. The first-order chi connectivity index (χ1) is 11.2. The van der Waals surface area contributed by atoms with Crippen molar-refractivity contribution in [3.05, 3.63) is 44.3 Å². The van der Waals surface area contributed by atoms with Gasteiger partial charge in [-0.1, -0.05) is 0 Å². The van der Waals surface area contributed by atoms with Crippen molar-refractivity contribution >= 4 is 32.5 Å². The molecule has 0 aliphatic rings. The van der Waals surface area contributed by atoms with Crippen molar-refractivity contribution in [3.63, 3.8) is 0 Å². The number of hydrogen-bond donors (Lipinski definition) is 0. The SMILES string of the molecule is Cc1nc(Cn2c(=O)oc3cc(S(=O)(=O)N(C)C)ccc32)sc1C. The van der Waals surface area contributed by atoms with Gasteiger partial charge in [-0.2, -0.15) is 0 Å². The summed E-state index contributed by atoms with van der Waals surface area (Å²) < 4.78 is 32.2. The van der Waals surface area contributed by atoms with Crippen LogP contribution in [0, 0.1) is 13.8 Å². The molecule has 128 valence electrons. The van der Waals surface area contributed by atoms with E-state index in [0.29, 0.717) is 12.1 Å². The number of nitrogens with zero attached hydrogens (tertiary/aromatic N) is 3. The summed E-state index contributed by atoms with van der Waals surface area (Å²) in [4.78, 5) is 17.8. The van der Waals surface area contributed by atoms with E-state index < -0.39 is 15.8 Å². The summed E-state index contributed by atoms with van der Waals surface area (Å²) in [5.41, 5.74) is 1.73. The number of fused-ring (bicyclic) bond motifs is 1. The Morgan fingerprint density at radius 2 is 2.00 bits per heavy atom. The Kier molecular flexibility index (Phi) is 4.10. The van der Waals surface area contributed by atoms with Crippen molar-refractivity contribution in [2.75, 3.05) is 14.1 Å². The van der Waals surface area contributed by atoms with E-state index in [2.05, 4.69) is 4.98 Å². The monoisotopic (exact) mass is 367 g/mol. The Bertz CT molecular complexity index is 1050. The van der Waals surface area contributed by atoms with E-state index in [4.69, 9.17) is 4.42 Å². The number of benzene rings is 1. The van der Waals surface area contributed by atoms with E-state index in [0.717, 1.165) is 19.9 Å². The maximum absolute atomic E-state index is 12.2. The molecule has 0 aliphatic carbocycles. The standard InChI is InChI=1S/C15H17N3O4S2/c1-9-10(2)23-14(16-9)8-18-12-6-5-11(24(20,21)17(3)4)7-13(12)22-15(18)19/h5-7H,8H2,1-4H3. The van der Waals surface area contributed by atoms with Gasteiger partial charge in [0.25, 0.3) is 0 Å². The van der Waals surface area contributed by atoms with Gasteiger partial charge in [0.15, 0.2) is 5.58 Å². The average Bonchev–Trinajstić information content (AvgIpc) is 2.98.